The summed E-state index contributed by atoms with van der Waals surface area (Å²) in [5.41, 5.74) is 0. The van der Waals surface area contributed by atoms with E-state index in [-0.39, 0.29) is 25.0 Å². The third-order valence-corrected chi connectivity index (χ3v) is 3.43. The number of carbonyl (C=O) groups is 2. The molecule has 2 atom stereocenters. The molecule has 0 radical (unpaired) electrons. The molecule has 0 aromatic carbocycles. The third-order valence-electron chi connectivity index (χ3n) is 3.43. The number of hydrogen-bond donors (Lipinski definition) is 2. The highest BCUT2D eigenvalue weighted by Gasteiger charge is 2.26. The van der Waals surface area contributed by atoms with Crippen molar-refractivity contribution in [1.29, 1.82) is 0 Å². The SMILES string of the molecule is CCN(CCC(=O)O)C(=O)NC1CCCC1C. The normalized spacial score (nSPS) is 23.4. The molecule has 0 aromatic rings. The average molecular weight is 242 g/mol. The first-order valence-corrected chi connectivity index (χ1v) is 6.31. The van der Waals surface area contributed by atoms with Gasteiger partial charge in [0.1, 0.15) is 0 Å². The molecule has 1 fully saturated rings. The van der Waals surface area contributed by atoms with Crippen molar-refractivity contribution in [2.24, 2.45) is 5.92 Å². The molecule has 98 valence electrons. The van der Waals surface area contributed by atoms with E-state index in [1.807, 2.05) is 6.92 Å². The molecule has 0 bridgehead atoms. The summed E-state index contributed by atoms with van der Waals surface area (Å²) in [5, 5.41) is 11.6. The zero-order valence-electron chi connectivity index (χ0n) is 10.6. The van der Waals surface area contributed by atoms with Gasteiger partial charge in [-0.2, -0.15) is 0 Å². The number of nitrogens with one attached hydrogen (secondary N) is 1. The van der Waals surface area contributed by atoms with Gasteiger partial charge in [0, 0.05) is 19.1 Å². The van der Waals surface area contributed by atoms with Crippen LogP contribution in [0.1, 0.15) is 39.5 Å². The molecule has 0 heterocycles. The Kier molecular flexibility index (Phi) is 5.25. The maximum absolute atomic E-state index is 11.9. The predicted molar refractivity (Wildman–Crippen MR) is 64.8 cm³/mol. The van der Waals surface area contributed by atoms with E-state index in [1.165, 1.54) is 0 Å². The van der Waals surface area contributed by atoms with Crippen molar-refractivity contribution in [1.82, 2.24) is 10.2 Å². The van der Waals surface area contributed by atoms with E-state index in [0.29, 0.717) is 12.5 Å². The van der Waals surface area contributed by atoms with Gasteiger partial charge >= 0.3 is 12.0 Å². The summed E-state index contributed by atoms with van der Waals surface area (Å²) >= 11 is 0. The van der Waals surface area contributed by atoms with E-state index in [2.05, 4.69) is 12.2 Å². The number of carboxylic acids is 1. The summed E-state index contributed by atoms with van der Waals surface area (Å²) in [5.74, 6) is -0.345. The standard InChI is InChI=1S/C12H22N2O3/c1-3-14(8-7-11(15)16)12(17)13-10-6-4-5-9(10)2/h9-10H,3-8H2,1-2H3,(H,13,17)(H,15,16). The van der Waals surface area contributed by atoms with E-state index < -0.39 is 5.97 Å². The van der Waals surface area contributed by atoms with Gasteiger partial charge in [-0.1, -0.05) is 13.3 Å². The Labute approximate surface area is 102 Å². The number of aliphatic carboxylic acids is 1. The lowest BCUT2D eigenvalue weighted by atomic mass is 10.1. The van der Waals surface area contributed by atoms with Gasteiger partial charge in [-0.25, -0.2) is 4.79 Å². The Bertz CT molecular complexity index is 281. The second kappa shape index (κ2) is 6.47. The Morgan fingerprint density at radius 2 is 2.12 bits per heavy atom. The van der Waals surface area contributed by atoms with Crippen LogP contribution < -0.4 is 5.32 Å². The van der Waals surface area contributed by atoms with E-state index >= 15 is 0 Å². The predicted octanol–water partition coefficient (Wildman–Crippen LogP) is 1.68. The van der Waals surface area contributed by atoms with Crippen molar-refractivity contribution in [3.63, 3.8) is 0 Å². The van der Waals surface area contributed by atoms with Crippen LogP contribution in [0.3, 0.4) is 0 Å². The van der Waals surface area contributed by atoms with Gasteiger partial charge in [0.25, 0.3) is 0 Å². The first-order chi connectivity index (χ1) is 8.04. The molecule has 1 aliphatic rings. The van der Waals surface area contributed by atoms with E-state index in [4.69, 9.17) is 5.11 Å². The molecule has 2 unspecified atom stereocenters. The topological polar surface area (TPSA) is 69.6 Å². The highest BCUT2D eigenvalue weighted by molar-refractivity contribution is 5.75. The fourth-order valence-corrected chi connectivity index (χ4v) is 2.24. The van der Waals surface area contributed by atoms with E-state index in [0.717, 1.165) is 19.3 Å². The zero-order chi connectivity index (χ0) is 12.8. The summed E-state index contributed by atoms with van der Waals surface area (Å²) < 4.78 is 0. The second-order valence-corrected chi connectivity index (χ2v) is 4.69. The van der Waals surface area contributed by atoms with Crippen LogP contribution in [0.5, 0.6) is 0 Å². The molecular weight excluding hydrogens is 220 g/mol. The quantitative estimate of drug-likeness (QED) is 0.770. The molecule has 1 saturated carbocycles. The van der Waals surface area contributed by atoms with Crippen molar-refractivity contribution in [2.75, 3.05) is 13.1 Å². The van der Waals surface area contributed by atoms with Gasteiger partial charge in [-0.3, -0.25) is 4.79 Å². The fourth-order valence-electron chi connectivity index (χ4n) is 2.24. The van der Waals surface area contributed by atoms with Crippen molar-refractivity contribution in [3.8, 4) is 0 Å². The minimum absolute atomic E-state index is 0.00147. The summed E-state index contributed by atoms with van der Waals surface area (Å²) in [6.45, 7) is 4.82. The van der Waals surface area contributed by atoms with Crippen LogP contribution in [-0.4, -0.2) is 41.1 Å². The highest BCUT2D eigenvalue weighted by Crippen LogP contribution is 2.24. The van der Waals surface area contributed by atoms with Gasteiger partial charge in [-0.15, -0.1) is 0 Å². The van der Waals surface area contributed by atoms with Crippen LogP contribution in [0.4, 0.5) is 4.79 Å². The van der Waals surface area contributed by atoms with Crippen LogP contribution in [0.15, 0.2) is 0 Å². The molecule has 17 heavy (non-hydrogen) atoms. The van der Waals surface area contributed by atoms with Crippen LogP contribution >= 0.6 is 0 Å². The van der Waals surface area contributed by atoms with Crippen LogP contribution in [0.25, 0.3) is 0 Å². The molecule has 0 saturated heterocycles. The molecule has 1 aliphatic carbocycles. The Hall–Kier alpha value is -1.26. The van der Waals surface area contributed by atoms with Gasteiger partial charge in [-0.05, 0) is 25.7 Å². The van der Waals surface area contributed by atoms with E-state index in [1.54, 1.807) is 4.90 Å². The minimum Gasteiger partial charge on any atom is -0.481 e. The Morgan fingerprint density at radius 1 is 1.41 bits per heavy atom. The first-order valence-electron chi connectivity index (χ1n) is 6.31. The first kappa shape index (κ1) is 13.8. The molecule has 0 spiro atoms. The number of carboxylic acid groups (broad SMARTS) is 1. The lowest BCUT2D eigenvalue weighted by molar-refractivity contribution is -0.137. The summed E-state index contributed by atoms with van der Waals surface area (Å²) in [7, 11) is 0. The van der Waals surface area contributed by atoms with Crippen LogP contribution in [0, 0.1) is 5.92 Å². The molecule has 5 nitrogen and oxygen atoms in total. The lowest BCUT2D eigenvalue weighted by Gasteiger charge is -2.25. The van der Waals surface area contributed by atoms with Gasteiger partial charge < -0.3 is 15.3 Å². The molecule has 2 amide bonds. The smallest absolute Gasteiger partial charge is 0.317 e. The van der Waals surface area contributed by atoms with Gasteiger partial charge in [0.05, 0.1) is 6.42 Å². The molecule has 5 heteroatoms. The number of nitrogens with zero attached hydrogens (tertiary/aromatic N) is 1. The summed E-state index contributed by atoms with van der Waals surface area (Å²) in [6, 6.07) is 0.119. The molecule has 0 aliphatic heterocycles. The number of hydrogen-bond acceptors (Lipinski definition) is 2. The van der Waals surface area contributed by atoms with Crippen molar-refractivity contribution in [2.45, 2.75) is 45.6 Å². The molecule has 2 N–H and O–H groups in total. The average Bonchev–Trinajstić information content (AvgIpc) is 2.65. The third kappa shape index (κ3) is 4.24. The number of rotatable bonds is 5. The van der Waals surface area contributed by atoms with E-state index in [9.17, 15) is 9.59 Å². The van der Waals surface area contributed by atoms with Crippen LogP contribution in [-0.2, 0) is 4.79 Å². The largest absolute Gasteiger partial charge is 0.481 e. The Balaban J connectivity index is 2.40. The lowest BCUT2D eigenvalue weighted by Crippen LogP contribution is -2.46. The summed E-state index contributed by atoms with van der Waals surface area (Å²) in [4.78, 5) is 23.9. The summed E-state index contributed by atoms with van der Waals surface area (Å²) in [6.07, 6.45) is 3.35. The van der Waals surface area contributed by atoms with Crippen molar-refractivity contribution < 1.29 is 14.7 Å². The number of carbonyl (C=O) groups excluding carboxylic acids is 1. The number of urea groups is 1. The molecular formula is C12H22N2O3. The fraction of sp³-hybridized carbons (Fsp3) is 0.833. The van der Waals surface area contributed by atoms with Gasteiger partial charge in [0.2, 0.25) is 0 Å². The van der Waals surface area contributed by atoms with Crippen molar-refractivity contribution in [3.05, 3.63) is 0 Å². The van der Waals surface area contributed by atoms with Gasteiger partial charge in [0.15, 0.2) is 0 Å². The highest BCUT2D eigenvalue weighted by atomic mass is 16.4. The minimum atomic E-state index is -0.870. The molecule has 0 aromatic heterocycles. The second-order valence-electron chi connectivity index (χ2n) is 4.69. The Morgan fingerprint density at radius 3 is 2.59 bits per heavy atom. The molecule has 1 rings (SSSR count). The maximum Gasteiger partial charge on any atom is 0.317 e. The monoisotopic (exact) mass is 242 g/mol. The van der Waals surface area contributed by atoms with Crippen LogP contribution in [0.2, 0.25) is 0 Å². The number of amides is 2. The van der Waals surface area contributed by atoms with Crippen molar-refractivity contribution >= 4 is 12.0 Å². The zero-order valence-corrected chi connectivity index (χ0v) is 10.6. The maximum atomic E-state index is 11.9.